The van der Waals surface area contributed by atoms with Crippen LogP contribution in [0, 0.1) is 0 Å². The molecule has 25 heavy (non-hydrogen) atoms. The molecule has 0 saturated heterocycles. The molecule has 128 valence electrons. The molecule has 2 N–H and O–H groups in total. The number of nitrogens with two attached hydrogens (primary N) is 1. The van der Waals surface area contributed by atoms with E-state index in [1.807, 2.05) is 11.8 Å². The van der Waals surface area contributed by atoms with Gasteiger partial charge in [-0.1, -0.05) is 78.9 Å². The van der Waals surface area contributed by atoms with Gasteiger partial charge in [-0.05, 0) is 49.4 Å². The van der Waals surface area contributed by atoms with Gasteiger partial charge in [0.15, 0.2) is 0 Å². The maximum atomic E-state index is 6.30. The van der Waals surface area contributed by atoms with Crippen molar-refractivity contribution in [3.05, 3.63) is 90.5 Å². The van der Waals surface area contributed by atoms with Crippen LogP contribution in [-0.4, -0.2) is 18.5 Å². The Balaban J connectivity index is 1.98. The van der Waals surface area contributed by atoms with E-state index in [9.17, 15) is 0 Å². The third kappa shape index (κ3) is 4.52. The summed E-state index contributed by atoms with van der Waals surface area (Å²) in [6, 6.07) is 30.4. The van der Waals surface area contributed by atoms with Crippen molar-refractivity contribution in [1.29, 1.82) is 0 Å². The fraction of sp³-hybridized carbons (Fsp3) is 0.182. The first kappa shape index (κ1) is 18.2. The van der Waals surface area contributed by atoms with Gasteiger partial charge in [-0.2, -0.15) is 0 Å². The van der Waals surface area contributed by atoms with Crippen molar-refractivity contribution >= 4 is 30.3 Å². The van der Waals surface area contributed by atoms with Crippen LogP contribution in [0.15, 0.2) is 89.8 Å². The lowest BCUT2D eigenvalue weighted by Gasteiger charge is -2.28. The number of benzene rings is 3. The van der Waals surface area contributed by atoms with E-state index in [4.69, 9.17) is 5.73 Å². The number of hydrogen-bond acceptors (Lipinski definition) is 2. The normalized spacial score (nSPS) is 12.3. The molecule has 0 radical (unpaired) electrons. The Morgan fingerprint density at radius 2 is 1.32 bits per heavy atom. The molecule has 0 aliphatic carbocycles. The van der Waals surface area contributed by atoms with Crippen LogP contribution in [0.1, 0.15) is 5.56 Å². The second-order valence-electron chi connectivity index (χ2n) is 5.95. The average molecular weight is 365 g/mol. The van der Waals surface area contributed by atoms with Crippen molar-refractivity contribution in [3.8, 4) is 0 Å². The Hall–Kier alpha value is -1.60. The highest BCUT2D eigenvalue weighted by Crippen LogP contribution is 2.41. The van der Waals surface area contributed by atoms with Crippen LogP contribution in [-0.2, 0) is 6.42 Å². The summed E-state index contributed by atoms with van der Waals surface area (Å²) in [5, 5.41) is 2.81. The molecule has 3 rings (SSSR count). The second kappa shape index (κ2) is 9.20. The van der Waals surface area contributed by atoms with Gasteiger partial charge in [0.05, 0.1) is 0 Å². The van der Waals surface area contributed by atoms with E-state index in [0.29, 0.717) is 12.2 Å². The van der Waals surface area contributed by atoms with E-state index < -0.39 is 7.92 Å². The molecule has 3 heteroatoms. The standard InChI is InChI=1S/C22H24NPS/c1-25-22-15-9-8-10-18(22)16-21(17-23)24(19-11-4-2-5-12-19)20-13-6-3-7-14-20/h2-15,21H,16-17,23H2,1H3. The third-order valence-corrected chi connectivity index (χ3v) is 8.02. The molecular formula is C22H24NPS. The fourth-order valence-electron chi connectivity index (χ4n) is 3.15. The predicted molar refractivity (Wildman–Crippen MR) is 114 cm³/mol. The number of rotatable bonds is 7. The average Bonchev–Trinajstić information content (AvgIpc) is 2.69. The van der Waals surface area contributed by atoms with Gasteiger partial charge < -0.3 is 5.73 Å². The molecule has 0 aliphatic heterocycles. The quantitative estimate of drug-likeness (QED) is 0.496. The van der Waals surface area contributed by atoms with Crippen LogP contribution in [0.3, 0.4) is 0 Å². The minimum Gasteiger partial charge on any atom is -0.330 e. The zero-order valence-corrected chi connectivity index (χ0v) is 16.2. The van der Waals surface area contributed by atoms with E-state index in [1.165, 1.54) is 21.1 Å². The zero-order valence-electron chi connectivity index (χ0n) is 14.5. The van der Waals surface area contributed by atoms with Gasteiger partial charge in [0.1, 0.15) is 0 Å². The van der Waals surface area contributed by atoms with E-state index in [2.05, 4.69) is 91.2 Å². The minimum absolute atomic E-state index is 0.424. The Morgan fingerprint density at radius 1 is 0.800 bits per heavy atom. The van der Waals surface area contributed by atoms with E-state index in [0.717, 1.165) is 6.42 Å². The Kier molecular flexibility index (Phi) is 6.69. The van der Waals surface area contributed by atoms with Gasteiger partial charge in [0, 0.05) is 10.6 Å². The first-order chi connectivity index (χ1) is 12.3. The highest BCUT2D eigenvalue weighted by molar-refractivity contribution is 7.98. The maximum absolute atomic E-state index is 6.30. The lowest BCUT2D eigenvalue weighted by Crippen LogP contribution is -2.30. The highest BCUT2D eigenvalue weighted by atomic mass is 32.2. The van der Waals surface area contributed by atoms with Crippen molar-refractivity contribution in [3.63, 3.8) is 0 Å². The van der Waals surface area contributed by atoms with E-state index in [1.54, 1.807) is 0 Å². The molecule has 0 aromatic heterocycles. The van der Waals surface area contributed by atoms with Gasteiger partial charge in [-0.15, -0.1) is 11.8 Å². The van der Waals surface area contributed by atoms with Crippen LogP contribution in [0.4, 0.5) is 0 Å². The first-order valence-corrected chi connectivity index (χ1v) is 11.2. The smallest absolute Gasteiger partial charge is 0.0101 e. The Morgan fingerprint density at radius 3 is 1.84 bits per heavy atom. The molecule has 0 aliphatic rings. The number of hydrogen-bond donors (Lipinski definition) is 1. The minimum atomic E-state index is -0.490. The molecule has 1 unspecified atom stereocenters. The SMILES string of the molecule is CSc1ccccc1CC(CN)P(c1ccccc1)c1ccccc1. The molecule has 0 fully saturated rings. The van der Waals surface area contributed by atoms with E-state index >= 15 is 0 Å². The molecule has 0 amide bonds. The Labute approximate surface area is 156 Å². The summed E-state index contributed by atoms with van der Waals surface area (Å²) in [4.78, 5) is 1.36. The topological polar surface area (TPSA) is 26.0 Å². The first-order valence-electron chi connectivity index (χ1n) is 8.54. The molecule has 0 saturated carbocycles. The van der Waals surface area contributed by atoms with Crippen molar-refractivity contribution in [2.24, 2.45) is 5.73 Å². The van der Waals surface area contributed by atoms with Crippen LogP contribution >= 0.6 is 19.7 Å². The molecule has 1 nitrogen and oxygen atoms in total. The van der Waals surface area contributed by atoms with Crippen LogP contribution < -0.4 is 16.3 Å². The summed E-state index contributed by atoms with van der Waals surface area (Å²) in [7, 11) is -0.490. The van der Waals surface area contributed by atoms with Gasteiger partial charge in [0.25, 0.3) is 0 Å². The van der Waals surface area contributed by atoms with Crippen molar-refractivity contribution in [2.45, 2.75) is 17.0 Å². The lowest BCUT2D eigenvalue weighted by atomic mass is 10.1. The zero-order chi connectivity index (χ0) is 17.5. The summed E-state index contributed by atoms with van der Waals surface area (Å²) < 4.78 is 0. The molecular weight excluding hydrogens is 341 g/mol. The second-order valence-corrected chi connectivity index (χ2v) is 9.30. The summed E-state index contributed by atoms with van der Waals surface area (Å²) in [6.45, 7) is 0.693. The monoisotopic (exact) mass is 365 g/mol. The molecule has 3 aromatic rings. The van der Waals surface area contributed by atoms with Gasteiger partial charge in [0.2, 0.25) is 0 Å². The van der Waals surface area contributed by atoms with E-state index in [-0.39, 0.29) is 0 Å². The third-order valence-electron chi connectivity index (χ3n) is 4.35. The summed E-state index contributed by atoms with van der Waals surface area (Å²) in [5.74, 6) is 0. The largest absolute Gasteiger partial charge is 0.330 e. The maximum Gasteiger partial charge on any atom is 0.0101 e. The molecule has 3 aromatic carbocycles. The summed E-state index contributed by atoms with van der Waals surface area (Å²) >= 11 is 1.82. The summed E-state index contributed by atoms with van der Waals surface area (Å²) in [5.41, 5.74) is 8.13. The number of thioether (sulfide) groups is 1. The van der Waals surface area contributed by atoms with Crippen LogP contribution in [0.5, 0.6) is 0 Å². The van der Waals surface area contributed by atoms with Gasteiger partial charge >= 0.3 is 0 Å². The fourth-order valence-corrected chi connectivity index (χ4v) is 6.50. The van der Waals surface area contributed by atoms with Crippen molar-refractivity contribution in [1.82, 2.24) is 0 Å². The van der Waals surface area contributed by atoms with Gasteiger partial charge in [-0.3, -0.25) is 0 Å². The summed E-state index contributed by atoms with van der Waals surface area (Å²) in [6.07, 6.45) is 3.16. The van der Waals surface area contributed by atoms with Crippen LogP contribution in [0.2, 0.25) is 0 Å². The highest BCUT2D eigenvalue weighted by Gasteiger charge is 2.24. The molecule has 0 spiro atoms. The van der Waals surface area contributed by atoms with Crippen LogP contribution in [0.25, 0.3) is 0 Å². The molecule has 0 heterocycles. The lowest BCUT2D eigenvalue weighted by molar-refractivity contribution is 0.834. The Bertz CT molecular complexity index is 737. The van der Waals surface area contributed by atoms with Crippen molar-refractivity contribution in [2.75, 3.05) is 12.8 Å². The molecule has 0 bridgehead atoms. The molecule has 1 atom stereocenters. The van der Waals surface area contributed by atoms with Crippen molar-refractivity contribution < 1.29 is 0 Å². The van der Waals surface area contributed by atoms with Gasteiger partial charge in [-0.25, -0.2) is 0 Å². The predicted octanol–water partition coefficient (Wildman–Crippen LogP) is 4.41.